The Morgan fingerprint density at radius 2 is 1.49 bits per heavy atom. The normalized spacial score (nSPS) is 11.0. The van der Waals surface area contributed by atoms with Crippen LogP contribution in [0.5, 0.6) is 0 Å². The molecule has 0 aliphatic rings. The fourth-order valence-corrected chi connectivity index (χ4v) is 6.01. The molecule has 7 rings (SSSR count). The van der Waals surface area contributed by atoms with Gasteiger partial charge >= 0.3 is 0 Å². The topological polar surface area (TPSA) is 38.9 Å². The van der Waals surface area contributed by atoms with Gasteiger partial charge in [0.1, 0.15) is 5.58 Å². The standard InChI is InChI=1S/C24H16NO.C14H16NSi.Ir/c1-2-7-17(8-3-1)15-18-12-13-19-20-9-6-10-21(22-11-4-5-14-25-22)24(20)26-23(19)16-18;1-16(2,3)13-9-10-14(15-11-13)12-7-5-4-6-8-12;/h1-9,11-14,16H,15H2;4-7,9-11H,1-3H3;/q2*-1;. The molecule has 3 nitrogen and oxygen atoms in total. The van der Waals surface area contributed by atoms with E-state index in [2.05, 4.69) is 102 Å². The number of furan rings is 1. The summed E-state index contributed by atoms with van der Waals surface area (Å²) >= 11 is 0. The smallest absolute Gasteiger partial charge is 0.121 e. The number of aromatic nitrogens is 2. The van der Waals surface area contributed by atoms with Gasteiger partial charge < -0.3 is 14.4 Å². The van der Waals surface area contributed by atoms with E-state index < -0.39 is 8.07 Å². The van der Waals surface area contributed by atoms with Crippen molar-refractivity contribution in [3.63, 3.8) is 0 Å². The first kappa shape index (κ1) is 30.3. The van der Waals surface area contributed by atoms with Crippen LogP contribution in [-0.2, 0) is 26.5 Å². The average molecular weight is 753 g/mol. The van der Waals surface area contributed by atoms with E-state index in [0.717, 1.165) is 50.9 Å². The maximum Gasteiger partial charge on any atom is 0.121 e. The number of benzene rings is 4. The molecule has 0 atom stereocenters. The Labute approximate surface area is 268 Å². The molecule has 0 aliphatic carbocycles. The molecule has 0 saturated heterocycles. The first-order valence-electron chi connectivity index (χ1n) is 14.2. The van der Waals surface area contributed by atoms with Crippen molar-refractivity contribution in [2.24, 2.45) is 0 Å². The zero-order chi connectivity index (χ0) is 28.9. The molecule has 0 unspecified atom stereocenters. The summed E-state index contributed by atoms with van der Waals surface area (Å²) in [5.41, 5.74) is 8.14. The van der Waals surface area contributed by atoms with Crippen LogP contribution < -0.4 is 5.19 Å². The van der Waals surface area contributed by atoms with Gasteiger partial charge in [0.25, 0.3) is 0 Å². The summed E-state index contributed by atoms with van der Waals surface area (Å²) in [6.07, 6.45) is 4.71. The third-order valence-corrected chi connectivity index (χ3v) is 9.31. The van der Waals surface area contributed by atoms with E-state index in [1.54, 1.807) is 6.20 Å². The van der Waals surface area contributed by atoms with Gasteiger partial charge in [-0.2, -0.15) is 0 Å². The van der Waals surface area contributed by atoms with Gasteiger partial charge in [-0.15, -0.1) is 54.1 Å². The van der Waals surface area contributed by atoms with Crippen LogP contribution >= 0.6 is 0 Å². The summed E-state index contributed by atoms with van der Waals surface area (Å²) in [6, 6.07) is 45.6. The molecular formula is C38H32IrN2OSi-2. The molecule has 7 aromatic rings. The van der Waals surface area contributed by atoms with Crippen molar-refractivity contribution in [1.29, 1.82) is 0 Å². The maximum absolute atomic E-state index is 6.25. The van der Waals surface area contributed by atoms with E-state index in [1.807, 2.05) is 60.8 Å². The zero-order valence-corrected chi connectivity index (χ0v) is 27.9. The first-order chi connectivity index (χ1) is 20.5. The van der Waals surface area contributed by atoms with Crippen molar-refractivity contribution >= 4 is 35.2 Å². The van der Waals surface area contributed by atoms with Crippen molar-refractivity contribution < 1.29 is 24.5 Å². The van der Waals surface area contributed by atoms with E-state index in [4.69, 9.17) is 4.42 Å². The molecule has 0 spiro atoms. The molecule has 3 heterocycles. The van der Waals surface area contributed by atoms with Crippen molar-refractivity contribution in [2.75, 3.05) is 0 Å². The summed E-state index contributed by atoms with van der Waals surface area (Å²) < 4.78 is 6.25. The van der Waals surface area contributed by atoms with Crippen molar-refractivity contribution in [2.45, 2.75) is 26.1 Å². The molecule has 4 aromatic carbocycles. The SMILES string of the molecule is C[Si](C)(C)c1ccc(-c2[c-]cccc2)nc1.[Ir].[c-]1ccc2c(oc3cc(Cc4ccccc4)ccc32)c1-c1ccccn1. The fraction of sp³-hybridized carbons (Fsp3) is 0.105. The van der Waals surface area contributed by atoms with Crippen LogP contribution in [0, 0.1) is 12.1 Å². The van der Waals surface area contributed by atoms with Gasteiger partial charge in [-0.05, 0) is 46.3 Å². The van der Waals surface area contributed by atoms with Crippen LogP contribution in [0.25, 0.3) is 44.5 Å². The van der Waals surface area contributed by atoms with Crippen LogP contribution in [-0.4, -0.2) is 18.0 Å². The van der Waals surface area contributed by atoms with Crippen LogP contribution in [0.3, 0.4) is 0 Å². The second-order valence-electron chi connectivity index (χ2n) is 11.4. The molecule has 0 aliphatic heterocycles. The van der Waals surface area contributed by atoms with Crippen molar-refractivity contribution in [3.05, 3.63) is 151 Å². The quantitative estimate of drug-likeness (QED) is 0.130. The molecule has 1 radical (unpaired) electrons. The molecule has 43 heavy (non-hydrogen) atoms. The van der Waals surface area contributed by atoms with Gasteiger partial charge in [-0.3, -0.25) is 0 Å². The third kappa shape index (κ3) is 7.09. The number of hydrogen-bond acceptors (Lipinski definition) is 3. The monoisotopic (exact) mass is 753 g/mol. The van der Waals surface area contributed by atoms with Crippen LogP contribution in [0.15, 0.2) is 132 Å². The summed E-state index contributed by atoms with van der Waals surface area (Å²) in [7, 11) is -1.23. The van der Waals surface area contributed by atoms with Gasteiger partial charge in [-0.1, -0.05) is 97.3 Å². The largest absolute Gasteiger partial charge is 0.501 e. The molecular weight excluding hydrogens is 721 g/mol. The van der Waals surface area contributed by atoms with Crippen molar-refractivity contribution in [3.8, 4) is 22.5 Å². The van der Waals surface area contributed by atoms with Crippen LogP contribution in [0.2, 0.25) is 19.6 Å². The Morgan fingerprint density at radius 1 is 0.674 bits per heavy atom. The predicted octanol–water partition coefficient (Wildman–Crippen LogP) is 9.13. The number of nitrogens with zero attached hydrogens (tertiary/aromatic N) is 2. The summed E-state index contributed by atoms with van der Waals surface area (Å²) in [6.45, 7) is 7.00. The summed E-state index contributed by atoms with van der Waals surface area (Å²) in [5, 5.41) is 3.63. The number of hydrogen-bond donors (Lipinski definition) is 0. The first-order valence-corrected chi connectivity index (χ1v) is 17.7. The molecule has 0 fully saturated rings. The Hall–Kier alpha value is -4.15. The van der Waals surface area contributed by atoms with E-state index in [0.29, 0.717) is 0 Å². The Balaban J connectivity index is 0.000000188. The second-order valence-corrected chi connectivity index (χ2v) is 16.4. The minimum Gasteiger partial charge on any atom is -0.501 e. The Morgan fingerprint density at radius 3 is 2.19 bits per heavy atom. The molecule has 0 amide bonds. The summed E-state index contributed by atoms with van der Waals surface area (Å²) in [5.74, 6) is 0. The fourth-order valence-electron chi connectivity index (χ4n) is 4.98. The van der Waals surface area contributed by atoms with E-state index in [1.165, 1.54) is 16.3 Å². The van der Waals surface area contributed by atoms with Gasteiger partial charge in [0.15, 0.2) is 0 Å². The van der Waals surface area contributed by atoms with Crippen LogP contribution in [0.4, 0.5) is 0 Å². The van der Waals surface area contributed by atoms with Gasteiger partial charge in [0, 0.05) is 37.9 Å². The second kappa shape index (κ2) is 13.4. The van der Waals surface area contributed by atoms with Gasteiger partial charge in [0.2, 0.25) is 0 Å². The van der Waals surface area contributed by atoms with Gasteiger partial charge in [0.05, 0.1) is 13.7 Å². The molecule has 0 bridgehead atoms. The molecule has 3 aromatic heterocycles. The summed E-state index contributed by atoms with van der Waals surface area (Å²) in [4.78, 5) is 8.97. The van der Waals surface area contributed by atoms with Crippen molar-refractivity contribution in [1.82, 2.24) is 9.97 Å². The minimum absolute atomic E-state index is 0. The maximum atomic E-state index is 6.25. The molecule has 5 heteroatoms. The Bertz CT molecular complexity index is 1920. The predicted molar refractivity (Wildman–Crippen MR) is 177 cm³/mol. The van der Waals surface area contributed by atoms with Gasteiger partial charge in [-0.25, -0.2) is 0 Å². The zero-order valence-electron chi connectivity index (χ0n) is 24.5. The molecule has 215 valence electrons. The molecule has 0 N–H and O–H groups in total. The Kier molecular flexibility index (Phi) is 9.47. The molecule has 0 saturated carbocycles. The number of pyridine rings is 2. The third-order valence-electron chi connectivity index (χ3n) is 7.28. The number of rotatable bonds is 5. The average Bonchev–Trinajstić information content (AvgIpc) is 3.40. The van der Waals surface area contributed by atoms with E-state index in [-0.39, 0.29) is 20.1 Å². The minimum atomic E-state index is -1.23. The van der Waals surface area contributed by atoms with Crippen LogP contribution in [0.1, 0.15) is 11.1 Å². The van der Waals surface area contributed by atoms with E-state index in [9.17, 15) is 0 Å². The van der Waals surface area contributed by atoms with E-state index >= 15 is 0 Å². The number of fused-ring (bicyclic) bond motifs is 3.